The minimum atomic E-state index is 0.269. The van der Waals surface area contributed by atoms with E-state index in [1.165, 1.54) is 0 Å². The van der Waals surface area contributed by atoms with Gasteiger partial charge in [0.05, 0.1) is 11.0 Å². The van der Waals surface area contributed by atoms with Crippen molar-refractivity contribution in [1.29, 1.82) is 0 Å². The summed E-state index contributed by atoms with van der Waals surface area (Å²) in [5.74, 6) is 2.19. The predicted octanol–water partition coefficient (Wildman–Crippen LogP) is 3.47. The number of rotatable bonds is 1. The van der Waals surface area contributed by atoms with Gasteiger partial charge in [0.1, 0.15) is 11.5 Å². The zero-order valence-electron chi connectivity index (χ0n) is 12.2. The molecular weight excluding hydrogens is 290 g/mol. The van der Waals surface area contributed by atoms with Crippen LogP contribution < -0.4 is 15.2 Å². The quantitative estimate of drug-likeness (QED) is 0.585. The molecule has 0 saturated heterocycles. The molecule has 4 aromatic rings. The second-order valence-corrected chi connectivity index (χ2v) is 5.53. The monoisotopic (exact) mass is 303 g/mol. The van der Waals surface area contributed by atoms with Crippen molar-refractivity contribution in [1.82, 2.24) is 9.38 Å². The number of nitrogens with two attached hydrogens (primary N) is 1. The number of ether oxygens (including phenoxy) is 2. The maximum Gasteiger partial charge on any atom is 0.231 e. The highest BCUT2D eigenvalue weighted by Gasteiger charge is 2.15. The largest absolute Gasteiger partial charge is 0.454 e. The van der Waals surface area contributed by atoms with E-state index < -0.39 is 0 Å². The molecule has 0 aliphatic carbocycles. The number of imidazole rings is 1. The first kappa shape index (κ1) is 12.3. The van der Waals surface area contributed by atoms with Crippen LogP contribution in [0.2, 0.25) is 0 Å². The van der Waals surface area contributed by atoms with Gasteiger partial charge in [-0.05, 0) is 47.5 Å². The number of nitrogens with zero attached hydrogens (tertiary/aromatic N) is 2. The average Bonchev–Trinajstić information content (AvgIpc) is 3.17. The highest BCUT2D eigenvalue weighted by atomic mass is 16.7. The molecule has 0 bridgehead atoms. The summed E-state index contributed by atoms with van der Waals surface area (Å²) in [4.78, 5) is 4.66. The topological polar surface area (TPSA) is 61.8 Å². The number of anilines is 1. The van der Waals surface area contributed by atoms with Gasteiger partial charge in [0, 0.05) is 0 Å². The number of pyridine rings is 1. The van der Waals surface area contributed by atoms with Crippen LogP contribution in [0.1, 0.15) is 0 Å². The lowest BCUT2D eigenvalue weighted by atomic mass is 10.1. The van der Waals surface area contributed by atoms with Crippen molar-refractivity contribution in [2.75, 3.05) is 12.5 Å². The standard InChI is InChI=1S/C18H13N3O2/c19-17-8-12(11-5-6-15-16(7-11)23-10-22-15)9-18-20-13-3-1-2-4-14(13)21(17)18/h1-9H,10,19H2. The fourth-order valence-corrected chi connectivity index (χ4v) is 3.06. The molecule has 0 saturated carbocycles. The molecule has 0 spiro atoms. The Morgan fingerprint density at radius 1 is 0.913 bits per heavy atom. The fourth-order valence-electron chi connectivity index (χ4n) is 3.06. The Balaban J connectivity index is 1.75. The van der Waals surface area contributed by atoms with Crippen LogP contribution >= 0.6 is 0 Å². The Morgan fingerprint density at radius 3 is 2.74 bits per heavy atom. The summed E-state index contributed by atoms with van der Waals surface area (Å²) in [5.41, 5.74) is 11.1. The highest BCUT2D eigenvalue weighted by molar-refractivity contribution is 5.85. The number of hydrogen-bond acceptors (Lipinski definition) is 4. The number of nitrogen functional groups attached to an aromatic ring is 1. The van der Waals surface area contributed by atoms with Gasteiger partial charge in [-0.25, -0.2) is 4.98 Å². The van der Waals surface area contributed by atoms with Crippen molar-refractivity contribution >= 4 is 22.5 Å². The molecule has 0 atom stereocenters. The molecule has 5 heteroatoms. The minimum Gasteiger partial charge on any atom is -0.454 e. The van der Waals surface area contributed by atoms with Crippen molar-refractivity contribution in [2.45, 2.75) is 0 Å². The Morgan fingerprint density at radius 2 is 1.78 bits per heavy atom. The molecule has 2 aromatic heterocycles. The first-order valence-corrected chi connectivity index (χ1v) is 7.36. The van der Waals surface area contributed by atoms with Crippen LogP contribution in [0.5, 0.6) is 11.5 Å². The van der Waals surface area contributed by atoms with E-state index in [4.69, 9.17) is 15.2 Å². The average molecular weight is 303 g/mol. The summed E-state index contributed by atoms with van der Waals surface area (Å²) in [6.07, 6.45) is 0. The first-order valence-electron chi connectivity index (χ1n) is 7.36. The van der Waals surface area contributed by atoms with Crippen molar-refractivity contribution in [2.24, 2.45) is 0 Å². The van der Waals surface area contributed by atoms with Crippen LogP contribution in [0.15, 0.2) is 54.6 Å². The maximum absolute atomic E-state index is 6.28. The third kappa shape index (κ3) is 1.76. The van der Waals surface area contributed by atoms with Gasteiger partial charge in [0.2, 0.25) is 6.79 Å². The zero-order valence-corrected chi connectivity index (χ0v) is 12.2. The summed E-state index contributed by atoms with van der Waals surface area (Å²) in [7, 11) is 0. The van der Waals surface area contributed by atoms with Gasteiger partial charge < -0.3 is 15.2 Å². The summed E-state index contributed by atoms with van der Waals surface area (Å²) >= 11 is 0. The van der Waals surface area contributed by atoms with Crippen molar-refractivity contribution in [3.63, 3.8) is 0 Å². The summed E-state index contributed by atoms with van der Waals surface area (Å²) in [6, 6.07) is 17.9. The van der Waals surface area contributed by atoms with Gasteiger partial charge >= 0.3 is 0 Å². The van der Waals surface area contributed by atoms with Crippen LogP contribution in [0.25, 0.3) is 27.8 Å². The second-order valence-electron chi connectivity index (χ2n) is 5.53. The third-order valence-electron chi connectivity index (χ3n) is 4.14. The molecule has 3 heterocycles. The molecule has 0 amide bonds. The normalized spacial score (nSPS) is 13.0. The minimum absolute atomic E-state index is 0.269. The molecule has 23 heavy (non-hydrogen) atoms. The SMILES string of the molecule is Nc1cc(-c2ccc3c(c2)OCO3)cc2nc3ccccc3n12. The number of benzene rings is 2. The third-order valence-corrected chi connectivity index (χ3v) is 4.14. The highest BCUT2D eigenvalue weighted by Crippen LogP contribution is 2.36. The van der Waals surface area contributed by atoms with Gasteiger partial charge in [-0.3, -0.25) is 4.40 Å². The van der Waals surface area contributed by atoms with Gasteiger partial charge in [0.25, 0.3) is 0 Å². The Hall–Kier alpha value is -3.21. The molecule has 112 valence electrons. The van der Waals surface area contributed by atoms with E-state index in [1.54, 1.807) is 0 Å². The number of aromatic nitrogens is 2. The van der Waals surface area contributed by atoms with Gasteiger partial charge in [-0.1, -0.05) is 18.2 Å². The summed E-state index contributed by atoms with van der Waals surface area (Å²) < 4.78 is 12.8. The lowest BCUT2D eigenvalue weighted by molar-refractivity contribution is 0.174. The van der Waals surface area contributed by atoms with Crippen LogP contribution in [0.3, 0.4) is 0 Å². The van der Waals surface area contributed by atoms with E-state index in [0.29, 0.717) is 5.82 Å². The van der Waals surface area contributed by atoms with Gasteiger partial charge in [-0.15, -0.1) is 0 Å². The lowest BCUT2D eigenvalue weighted by Gasteiger charge is -2.07. The number of para-hydroxylation sites is 2. The number of hydrogen-bond donors (Lipinski definition) is 1. The molecular formula is C18H13N3O2. The molecule has 1 aliphatic heterocycles. The maximum atomic E-state index is 6.28. The van der Waals surface area contributed by atoms with Crippen molar-refractivity contribution in [3.8, 4) is 22.6 Å². The lowest BCUT2D eigenvalue weighted by Crippen LogP contribution is -1.97. The van der Waals surface area contributed by atoms with Crippen LogP contribution in [-0.4, -0.2) is 16.2 Å². The molecule has 0 fully saturated rings. The molecule has 0 radical (unpaired) electrons. The smallest absolute Gasteiger partial charge is 0.231 e. The van der Waals surface area contributed by atoms with E-state index in [1.807, 2.05) is 59.0 Å². The van der Waals surface area contributed by atoms with Gasteiger partial charge in [0.15, 0.2) is 11.5 Å². The molecule has 1 aliphatic rings. The molecule has 5 rings (SSSR count). The van der Waals surface area contributed by atoms with E-state index in [9.17, 15) is 0 Å². The van der Waals surface area contributed by atoms with Crippen LogP contribution in [0, 0.1) is 0 Å². The van der Waals surface area contributed by atoms with Gasteiger partial charge in [-0.2, -0.15) is 0 Å². The van der Waals surface area contributed by atoms with Crippen molar-refractivity contribution in [3.05, 3.63) is 54.6 Å². The van der Waals surface area contributed by atoms with E-state index in [-0.39, 0.29) is 6.79 Å². The molecule has 0 unspecified atom stereocenters. The van der Waals surface area contributed by atoms with E-state index >= 15 is 0 Å². The predicted molar refractivity (Wildman–Crippen MR) is 88.7 cm³/mol. The molecule has 2 aromatic carbocycles. The summed E-state index contributed by atoms with van der Waals surface area (Å²) in [5, 5.41) is 0. The van der Waals surface area contributed by atoms with Crippen molar-refractivity contribution < 1.29 is 9.47 Å². The van der Waals surface area contributed by atoms with E-state index in [2.05, 4.69) is 4.98 Å². The molecule has 2 N–H and O–H groups in total. The van der Waals surface area contributed by atoms with E-state index in [0.717, 1.165) is 39.3 Å². The Labute approximate surface area is 131 Å². The van der Waals surface area contributed by atoms with Crippen LogP contribution in [0.4, 0.5) is 5.82 Å². The Kier molecular flexibility index (Phi) is 2.36. The Bertz CT molecular complexity index is 1070. The molecule has 5 nitrogen and oxygen atoms in total. The summed E-state index contributed by atoms with van der Waals surface area (Å²) in [6.45, 7) is 0.269. The number of fused-ring (bicyclic) bond motifs is 4. The first-order chi connectivity index (χ1) is 11.3. The fraction of sp³-hybridized carbons (Fsp3) is 0.0556. The van der Waals surface area contributed by atoms with Crippen LogP contribution in [-0.2, 0) is 0 Å². The second kappa shape index (κ2) is 4.39. The zero-order chi connectivity index (χ0) is 15.4.